The summed E-state index contributed by atoms with van der Waals surface area (Å²) < 4.78 is 0. The van der Waals surface area contributed by atoms with E-state index in [9.17, 15) is 4.79 Å². The van der Waals surface area contributed by atoms with Gasteiger partial charge >= 0.3 is 0 Å². The van der Waals surface area contributed by atoms with E-state index in [1.807, 2.05) is 42.5 Å². The Bertz CT molecular complexity index is 915. The molecule has 1 saturated carbocycles. The van der Waals surface area contributed by atoms with E-state index in [1.165, 1.54) is 5.56 Å². The second-order valence-electron chi connectivity index (χ2n) is 6.76. The molecule has 0 atom stereocenters. The highest BCUT2D eigenvalue weighted by Gasteiger charge is 2.28. The van der Waals surface area contributed by atoms with Crippen LogP contribution in [0.2, 0.25) is 0 Å². The Morgan fingerprint density at radius 2 is 1.30 bits per heavy atom. The van der Waals surface area contributed by atoms with Gasteiger partial charge < -0.3 is 0 Å². The molecule has 3 aromatic rings. The van der Waals surface area contributed by atoms with Crippen LogP contribution in [0.3, 0.4) is 0 Å². The van der Waals surface area contributed by atoms with Crippen molar-refractivity contribution >= 4 is 17.9 Å². The lowest BCUT2D eigenvalue weighted by molar-refractivity contribution is -0.113. The van der Waals surface area contributed by atoms with Crippen molar-refractivity contribution in [2.45, 2.75) is 18.8 Å². The van der Waals surface area contributed by atoms with E-state index in [1.54, 1.807) is 24.8 Å². The number of allylic oxidation sites excluding steroid dienone is 2. The first-order valence-corrected chi connectivity index (χ1v) is 9.10. The quantitative estimate of drug-likeness (QED) is 0.617. The Labute approximate surface area is 159 Å². The number of hydrogen-bond donors (Lipinski definition) is 0. The normalized spacial score (nSPS) is 20.1. The topological polar surface area (TPSA) is 42.9 Å². The largest absolute Gasteiger partial charge is 0.289 e. The molecule has 3 heteroatoms. The first kappa shape index (κ1) is 17.1. The number of Topliss-reactive ketones (excluding diaryl/α,β-unsaturated/α-hetero) is 1. The van der Waals surface area contributed by atoms with Gasteiger partial charge in [0.05, 0.1) is 0 Å². The van der Waals surface area contributed by atoms with E-state index < -0.39 is 0 Å². The molecular weight excluding hydrogens is 332 g/mol. The molecule has 2 heterocycles. The minimum absolute atomic E-state index is 0.120. The number of carbonyl (C=O) groups is 1. The Hall–Kier alpha value is -3.33. The van der Waals surface area contributed by atoms with Gasteiger partial charge in [0.15, 0.2) is 5.78 Å². The van der Waals surface area contributed by atoms with Crippen LogP contribution in [0.1, 0.15) is 35.4 Å². The van der Waals surface area contributed by atoms with Crippen molar-refractivity contribution in [3.05, 3.63) is 107 Å². The highest BCUT2D eigenvalue weighted by Crippen LogP contribution is 2.38. The van der Waals surface area contributed by atoms with Gasteiger partial charge in [-0.05, 0) is 59.7 Å². The van der Waals surface area contributed by atoms with E-state index in [-0.39, 0.29) is 11.7 Å². The fourth-order valence-corrected chi connectivity index (χ4v) is 3.53. The molecule has 1 aliphatic rings. The molecule has 1 aliphatic carbocycles. The molecule has 0 bridgehead atoms. The summed E-state index contributed by atoms with van der Waals surface area (Å²) in [6.45, 7) is 0. The van der Waals surface area contributed by atoms with Gasteiger partial charge in [-0.15, -0.1) is 0 Å². The average molecular weight is 352 g/mol. The molecule has 0 N–H and O–H groups in total. The van der Waals surface area contributed by atoms with Gasteiger partial charge in [-0.3, -0.25) is 14.8 Å². The van der Waals surface area contributed by atoms with Gasteiger partial charge in [-0.25, -0.2) is 0 Å². The van der Waals surface area contributed by atoms with Crippen LogP contribution in [0.15, 0.2) is 90.5 Å². The maximum Gasteiger partial charge on any atom is 0.185 e. The SMILES string of the molecule is O=C1C(=Cc2cccnc2)CC(c2ccccc2)CC1=Cc1cccnc1. The minimum atomic E-state index is 0.120. The van der Waals surface area contributed by atoms with E-state index in [4.69, 9.17) is 0 Å². The van der Waals surface area contributed by atoms with Crippen LogP contribution < -0.4 is 0 Å². The van der Waals surface area contributed by atoms with Crippen molar-refractivity contribution in [3.8, 4) is 0 Å². The number of rotatable bonds is 3. The fraction of sp³-hybridized carbons (Fsp3) is 0.125. The smallest absolute Gasteiger partial charge is 0.185 e. The first-order valence-electron chi connectivity index (χ1n) is 9.10. The van der Waals surface area contributed by atoms with Gasteiger partial charge in [-0.2, -0.15) is 0 Å². The maximum absolute atomic E-state index is 13.1. The molecule has 1 fully saturated rings. The molecule has 27 heavy (non-hydrogen) atoms. The Kier molecular flexibility index (Phi) is 5.01. The summed E-state index contributed by atoms with van der Waals surface area (Å²) in [7, 11) is 0. The first-order chi connectivity index (χ1) is 13.3. The molecule has 2 aromatic heterocycles. The second kappa shape index (κ2) is 7.92. The Morgan fingerprint density at radius 3 is 1.78 bits per heavy atom. The van der Waals surface area contributed by atoms with E-state index in [2.05, 4.69) is 34.2 Å². The summed E-state index contributed by atoms with van der Waals surface area (Å²) in [4.78, 5) is 21.5. The highest BCUT2D eigenvalue weighted by molar-refractivity contribution is 6.14. The summed E-state index contributed by atoms with van der Waals surface area (Å²) in [5.74, 6) is 0.407. The van der Waals surface area contributed by atoms with E-state index in [0.29, 0.717) is 0 Å². The summed E-state index contributed by atoms with van der Waals surface area (Å²) in [6.07, 6.45) is 12.5. The van der Waals surface area contributed by atoms with Crippen LogP contribution in [0.25, 0.3) is 12.2 Å². The van der Waals surface area contributed by atoms with Crippen molar-refractivity contribution in [1.29, 1.82) is 0 Å². The maximum atomic E-state index is 13.1. The number of benzene rings is 1. The van der Waals surface area contributed by atoms with Crippen molar-refractivity contribution < 1.29 is 4.79 Å². The summed E-state index contributed by atoms with van der Waals surface area (Å²) in [5, 5.41) is 0. The van der Waals surface area contributed by atoms with Crippen molar-refractivity contribution in [1.82, 2.24) is 9.97 Å². The van der Waals surface area contributed by atoms with Gasteiger partial charge in [0, 0.05) is 35.9 Å². The van der Waals surface area contributed by atoms with Crippen LogP contribution >= 0.6 is 0 Å². The fourth-order valence-electron chi connectivity index (χ4n) is 3.53. The molecule has 0 spiro atoms. The Balaban J connectivity index is 1.74. The Morgan fingerprint density at radius 1 is 0.741 bits per heavy atom. The highest BCUT2D eigenvalue weighted by atomic mass is 16.1. The van der Waals surface area contributed by atoms with E-state index >= 15 is 0 Å². The zero-order valence-corrected chi connectivity index (χ0v) is 15.0. The third-order valence-corrected chi connectivity index (χ3v) is 4.84. The summed E-state index contributed by atoms with van der Waals surface area (Å²) in [5.41, 5.74) is 4.83. The van der Waals surface area contributed by atoms with Crippen LogP contribution in [0.5, 0.6) is 0 Å². The molecule has 4 rings (SSSR count). The monoisotopic (exact) mass is 352 g/mol. The molecule has 0 amide bonds. The van der Waals surface area contributed by atoms with Gasteiger partial charge in [-0.1, -0.05) is 42.5 Å². The lowest BCUT2D eigenvalue weighted by atomic mass is 9.77. The van der Waals surface area contributed by atoms with Gasteiger partial charge in [0.2, 0.25) is 0 Å². The van der Waals surface area contributed by atoms with Crippen molar-refractivity contribution in [3.63, 3.8) is 0 Å². The molecule has 3 nitrogen and oxygen atoms in total. The molecular formula is C24H20N2O. The molecule has 0 saturated heterocycles. The summed E-state index contributed by atoms with van der Waals surface area (Å²) >= 11 is 0. The predicted octanol–water partition coefficient (Wildman–Crippen LogP) is 5.09. The molecule has 0 radical (unpaired) electrons. The van der Waals surface area contributed by atoms with Crippen LogP contribution in [0, 0.1) is 0 Å². The average Bonchev–Trinajstić information content (AvgIpc) is 2.73. The molecule has 132 valence electrons. The van der Waals surface area contributed by atoms with Gasteiger partial charge in [0.25, 0.3) is 0 Å². The van der Waals surface area contributed by atoms with Crippen molar-refractivity contribution in [2.24, 2.45) is 0 Å². The lowest BCUT2D eigenvalue weighted by Crippen LogP contribution is -2.19. The summed E-state index contributed by atoms with van der Waals surface area (Å²) in [6, 6.07) is 18.2. The standard InChI is InChI=1S/C24H20N2O/c27-24-22(12-18-6-4-10-25-16-18)14-21(20-8-2-1-3-9-20)15-23(24)13-19-7-5-11-26-17-19/h1-13,16-17,21H,14-15H2. The zero-order valence-electron chi connectivity index (χ0n) is 15.0. The zero-order chi connectivity index (χ0) is 18.5. The minimum Gasteiger partial charge on any atom is -0.289 e. The number of aromatic nitrogens is 2. The third-order valence-electron chi connectivity index (χ3n) is 4.84. The number of pyridine rings is 2. The number of carbonyl (C=O) groups excluding carboxylic acids is 1. The third kappa shape index (κ3) is 4.09. The number of nitrogens with zero attached hydrogens (tertiary/aromatic N) is 2. The molecule has 0 unspecified atom stereocenters. The van der Waals surface area contributed by atoms with Gasteiger partial charge in [0.1, 0.15) is 0 Å². The van der Waals surface area contributed by atoms with Crippen molar-refractivity contribution in [2.75, 3.05) is 0 Å². The molecule has 1 aromatic carbocycles. The lowest BCUT2D eigenvalue weighted by Gasteiger charge is -2.26. The van der Waals surface area contributed by atoms with Crippen LogP contribution in [0.4, 0.5) is 0 Å². The predicted molar refractivity (Wildman–Crippen MR) is 108 cm³/mol. The van der Waals surface area contributed by atoms with Crippen LogP contribution in [-0.4, -0.2) is 15.8 Å². The molecule has 0 aliphatic heterocycles. The number of ketones is 1. The second-order valence-corrected chi connectivity index (χ2v) is 6.76. The number of hydrogen-bond acceptors (Lipinski definition) is 3. The van der Waals surface area contributed by atoms with E-state index in [0.717, 1.165) is 35.1 Å². The van der Waals surface area contributed by atoms with Crippen LogP contribution in [-0.2, 0) is 4.79 Å².